The Bertz CT molecular complexity index is 233. The van der Waals surface area contributed by atoms with Gasteiger partial charge in [0.25, 0.3) is 0 Å². The highest BCUT2D eigenvalue weighted by atomic mass is 16.2. The van der Waals surface area contributed by atoms with Crippen molar-refractivity contribution >= 4 is 5.91 Å². The number of hydrogen-bond acceptors (Lipinski definition) is 2. The predicted octanol–water partition coefficient (Wildman–Crippen LogP) is 0.612. The molecule has 0 bridgehead atoms. The Labute approximate surface area is 85.9 Å². The van der Waals surface area contributed by atoms with E-state index < -0.39 is 0 Å². The van der Waals surface area contributed by atoms with Crippen LogP contribution in [0.3, 0.4) is 0 Å². The second kappa shape index (κ2) is 6.44. The third-order valence-corrected chi connectivity index (χ3v) is 2.34. The van der Waals surface area contributed by atoms with E-state index in [-0.39, 0.29) is 5.91 Å². The Kier molecular flexibility index (Phi) is 5.09. The molecule has 3 nitrogen and oxygen atoms in total. The summed E-state index contributed by atoms with van der Waals surface area (Å²) in [6.45, 7) is 4.98. The van der Waals surface area contributed by atoms with Crippen LogP contribution in [0.15, 0.2) is 0 Å². The maximum Gasteiger partial charge on any atom is 0.236 e. The van der Waals surface area contributed by atoms with Crippen LogP contribution >= 0.6 is 0 Å². The Balaban J connectivity index is 2.04. The Morgan fingerprint density at radius 3 is 2.79 bits per heavy atom. The molecule has 0 aromatic heterocycles. The minimum absolute atomic E-state index is 0.229. The van der Waals surface area contributed by atoms with Gasteiger partial charge in [-0.1, -0.05) is 0 Å². The number of amides is 1. The predicted molar refractivity (Wildman–Crippen MR) is 56.8 cm³/mol. The highest BCUT2D eigenvalue weighted by Gasteiger charge is 2.16. The Morgan fingerprint density at radius 1 is 1.43 bits per heavy atom. The van der Waals surface area contributed by atoms with Crippen LogP contribution < -0.4 is 5.32 Å². The summed E-state index contributed by atoms with van der Waals surface area (Å²) in [5, 5.41) is 3.10. The zero-order chi connectivity index (χ0) is 10.2. The van der Waals surface area contributed by atoms with Crippen molar-refractivity contribution in [2.75, 3.05) is 26.2 Å². The van der Waals surface area contributed by atoms with E-state index in [1.54, 1.807) is 0 Å². The van der Waals surface area contributed by atoms with Crippen molar-refractivity contribution in [1.82, 2.24) is 10.2 Å². The molecule has 0 radical (unpaired) electrons. The second-order valence-electron chi connectivity index (χ2n) is 3.44. The van der Waals surface area contributed by atoms with Gasteiger partial charge in [-0.25, -0.2) is 0 Å². The van der Waals surface area contributed by atoms with E-state index in [4.69, 9.17) is 0 Å². The van der Waals surface area contributed by atoms with Crippen LogP contribution in [-0.2, 0) is 4.79 Å². The molecule has 1 rings (SSSR count). The third kappa shape index (κ3) is 3.80. The van der Waals surface area contributed by atoms with Crippen molar-refractivity contribution in [3.8, 4) is 11.8 Å². The van der Waals surface area contributed by atoms with E-state index >= 15 is 0 Å². The topological polar surface area (TPSA) is 32.3 Å². The molecule has 0 spiro atoms. The molecule has 1 fully saturated rings. The number of rotatable bonds is 4. The van der Waals surface area contributed by atoms with Gasteiger partial charge in [0.15, 0.2) is 0 Å². The highest BCUT2D eigenvalue weighted by molar-refractivity contribution is 5.78. The molecule has 1 aliphatic heterocycles. The van der Waals surface area contributed by atoms with Gasteiger partial charge in [-0.15, -0.1) is 11.8 Å². The van der Waals surface area contributed by atoms with Gasteiger partial charge < -0.3 is 10.2 Å². The van der Waals surface area contributed by atoms with Crippen LogP contribution in [0.25, 0.3) is 0 Å². The maximum absolute atomic E-state index is 11.5. The standard InChI is InChI=1S/C11H18N2O/c1-2-3-4-7-12-10-11(14)13-8-5-6-9-13/h12H,4-10H2,1H3. The number of nitrogens with zero attached hydrogens (tertiary/aromatic N) is 1. The molecule has 0 atom stereocenters. The first-order chi connectivity index (χ1) is 6.84. The largest absolute Gasteiger partial charge is 0.342 e. The molecular formula is C11H18N2O. The quantitative estimate of drug-likeness (QED) is 0.525. The number of carbonyl (C=O) groups is 1. The van der Waals surface area contributed by atoms with E-state index in [1.807, 2.05) is 11.8 Å². The summed E-state index contributed by atoms with van der Waals surface area (Å²) in [5.41, 5.74) is 0. The van der Waals surface area contributed by atoms with Crippen molar-refractivity contribution in [3.63, 3.8) is 0 Å². The van der Waals surface area contributed by atoms with Crippen LogP contribution in [0.1, 0.15) is 26.2 Å². The van der Waals surface area contributed by atoms with Crippen LogP contribution in [0, 0.1) is 11.8 Å². The van der Waals surface area contributed by atoms with E-state index in [0.717, 1.165) is 38.9 Å². The summed E-state index contributed by atoms with van der Waals surface area (Å²) in [7, 11) is 0. The first kappa shape index (κ1) is 11.1. The highest BCUT2D eigenvalue weighted by Crippen LogP contribution is 2.06. The van der Waals surface area contributed by atoms with Gasteiger partial charge in [0.2, 0.25) is 5.91 Å². The molecule has 0 unspecified atom stereocenters. The zero-order valence-electron chi connectivity index (χ0n) is 8.81. The van der Waals surface area contributed by atoms with Gasteiger partial charge in [-0.2, -0.15) is 0 Å². The lowest BCUT2D eigenvalue weighted by Crippen LogP contribution is -2.36. The van der Waals surface area contributed by atoms with Crippen molar-refractivity contribution < 1.29 is 4.79 Å². The first-order valence-electron chi connectivity index (χ1n) is 5.22. The smallest absolute Gasteiger partial charge is 0.236 e. The average Bonchev–Trinajstić information content (AvgIpc) is 2.70. The number of likely N-dealkylation sites (tertiary alicyclic amines) is 1. The molecule has 0 saturated carbocycles. The monoisotopic (exact) mass is 194 g/mol. The molecule has 3 heteroatoms. The van der Waals surface area contributed by atoms with Crippen LogP contribution in [-0.4, -0.2) is 37.0 Å². The molecule has 78 valence electrons. The normalized spacial score (nSPS) is 15.1. The lowest BCUT2D eigenvalue weighted by molar-refractivity contribution is -0.129. The second-order valence-corrected chi connectivity index (χ2v) is 3.44. The fourth-order valence-corrected chi connectivity index (χ4v) is 1.55. The van der Waals surface area contributed by atoms with Gasteiger partial charge in [0.1, 0.15) is 0 Å². The molecule has 1 heterocycles. The van der Waals surface area contributed by atoms with E-state index in [2.05, 4.69) is 17.2 Å². The van der Waals surface area contributed by atoms with Crippen LogP contribution in [0.5, 0.6) is 0 Å². The van der Waals surface area contributed by atoms with Gasteiger partial charge in [-0.3, -0.25) is 4.79 Å². The summed E-state index contributed by atoms with van der Waals surface area (Å²) in [6, 6.07) is 0. The minimum atomic E-state index is 0.229. The average molecular weight is 194 g/mol. The van der Waals surface area contributed by atoms with E-state index in [9.17, 15) is 4.79 Å². The summed E-state index contributed by atoms with van der Waals surface area (Å²) < 4.78 is 0. The summed E-state index contributed by atoms with van der Waals surface area (Å²) in [5.74, 6) is 6.01. The molecule has 0 aromatic carbocycles. The zero-order valence-corrected chi connectivity index (χ0v) is 8.81. The number of carbonyl (C=O) groups excluding carboxylic acids is 1. The Hall–Kier alpha value is -1.01. The fourth-order valence-electron chi connectivity index (χ4n) is 1.55. The first-order valence-corrected chi connectivity index (χ1v) is 5.22. The van der Waals surface area contributed by atoms with Gasteiger partial charge in [0, 0.05) is 26.1 Å². The number of hydrogen-bond donors (Lipinski definition) is 1. The van der Waals surface area contributed by atoms with Gasteiger partial charge in [-0.05, 0) is 19.8 Å². The third-order valence-electron chi connectivity index (χ3n) is 2.34. The van der Waals surface area contributed by atoms with Crippen LogP contribution in [0.2, 0.25) is 0 Å². The molecule has 1 N–H and O–H groups in total. The molecular weight excluding hydrogens is 176 g/mol. The molecule has 1 saturated heterocycles. The van der Waals surface area contributed by atoms with Gasteiger partial charge >= 0.3 is 0 Å². The molecule has 14 heavy (non-hydrogen) atoms. The lowest BCUT2D eigenvalue weighted by atomic mass is 10.4. The lowest BCUT2D eigenvalue weighted by Gasteiger charge is -2.14. The van der Waals surface area contributed by atoms with Crippen LogP contribution in [0.4, 0.5) is 0 Å². The number of nitrogens with one attached hydrogen (secondary N) is 1. The van der Waals surface area contributed by atoms with Crippen molar-refractivity contribution in [1.29, 1.82) is 0 Å². The Morgan fingerprint density at radius 2 is 2.14 bits per heavy atom. The summed E-state index contributed by atoms with van der Waals surface area (Å²) in [4.78, 5) is 13.4. The molecule has 1 aliphatic rings. The van der Waals surface area contributed by atoms with Gasteiger partial charge in [0.05, 0.1) is 6.54 Å². The van der Waals surface area contributed by atoms with E-state index in [0.29, 0.717) is 6.54 Å². The van der Waals surface area contributed by atoms with Crippen molar-refractivity contribution in [3.05, 3.63) is 0 Å². The minimum Gasteiger partial charge on any atom is -0.342 e. The molecule has 0 aromatic rings. The van der Waals surface area contributed by atoms with Crippen molar-refractivity contribution in [2.45, 2.75) is 26.2 Å². The summed E-state index contributed by atoms with van der Waals surface area (Å²) >= 11 is 0. The van der Waals surface area contributed by atoms with E-state index in [1.165, 1.54) is 0 Å². The van der Waals surface area contributed by atoms with Crippen molar-refractivity contribution in [2.24, 2.45) is 0 Å². The SMILES string of the molecule is CC#CCCNCC(=O)N1CCCC1. The molecule has 1 amide bonds. The molecule has 0 aliphatic carbocycles. The maximum atomic E-state index is 11.5. The summed E-state index contributed by atoms with van der Waals surface area (Å²) in [6.07, 6.45) is 3.14. The fraction of sp³-hybridized carbons (Fsp3) is 0.727.